The summed E-state index contributed by atoms with van der Waals surface area (Å²) in [6.45, 7) is 11.8. The molecule has 1 rings (SSSR count). The zero-order valence-electron chi connectivity index (χ0n) is 10.4. The van der Waals surface area contributed by atoms with Gasteiger partial charge in [0.2, 0.25) is 0 Å². The summed E-state index contributed by atoms with van der Waals surface area (Å²) in [7, 11) is 0. The molecule has 0 aliphatic heterocycles. The van der Waals surface area contributed by atoms with Crippen LogP contribution in [0.15, 0.2) is 0 Å². The molecule has 0 aromatic rings. The molecule has 0 atom stereocenters. The Bertz CT molecular complexity index is 155. The fourth-order valence-electron chi connectivity index (χ4n) is 2.02. The molecule has 14 heavy (non-hydrogen) atoms. The Morgan fingerprint density at radius 1 is 1.21 bits per heavy atom. The van der Waals surface area contributed by atoms with Gasteiger partial charge in [-0.2, -0.15) is 0 Å². The molecule has 1 heteroatoms. The highest BCUT2D eigenvalue weighted by molar-refractivity contribution is 4.77. The van der Waals surface area contributed by atoms with Crippen molar-refractivity contribution in [2.24, 2.45) is 17.3 Å². The first-order valence-corrected chi connectivity index (χ1v) is 6.23. The standard InChI is InChI=1S/C13H27N/c1-11(2)13(3,4)10-14-9-12-7-5-6-8-12/h11-12,14H,5-10H2,1-4H3. The molecule has 0 spiro atoms. The molecule has 0 bridgehead atoms. The molecule has 1 aliphatic carbocycles. The van der Waals surface area contributed by atoms with Crippen LogP contribution in [-0.4, -0.2) is 13.1 Å². The SMILES string of the molecule is CC(C)C(C)(C)CNCC1CCCC1. The summed E-state index contributed by atoms with van der Waals surface area (Å²) < 4.78 is 0. The minimum Gasteiger partial charge on any atom is -0.316 e. The second-order valence-electron chi connectivity index (χ2n) is 5.92. The van der Waals surface area contributed by atoms with Crippen molar-refractivity contribution in [2.75, 3.05) is 13.1 Å². The highest BCUT2D eigenvalue weighted by Gasteiger charge is 2.22. The molecule has 84 valence electrons. The van der Waals surface area contributed by atoms with Crippen molar-refractivity contribution >= 4 is 0 Å². The Hall–Kier alpha value is -0.0400. The van der Waals surface area contributed by atoms with Crippen molar-refractivity contribution in [3.05, 3.63) is 0 Å². The zero-order chi connectivity index (χ0) is 10.6. The van der Waals surface area contributed by atoms with Gasteiger partial charge in [0, 0.05) is 6.54 Å². The van der Waals surface area contributed by atoms with Crippen LogP contribution >= 0.6 is 0 Å². The summed E-state index contributed by atoms with van der Waals surface area (Å²) in [5.41, 5.74) is 0.443. The van der Waals surface area contributed by atoms with E-state index >= 15 is 0 Å². The Kier molecular flexibility index (Phi) is 4.43. The van der Waals surface area contributed by atoms with E-state index in [0.717, 1.165) is 11.8 Å². The van der Waals surface area contributed by atoms with E-state index in [1.165, 1.54) is 38.8 Å². The predicted molar refractivity (Wildman–Crippen MR) is 63.4 cm³/mol. The van der Waals surface area contributed by atoms with Crippen LogP contribution < -0.4 is 5.32 Å². The van der Waals surface area contributed by atoms with E-state index in [2.05, 4.69) is 33.0 Å². The fraction of sp³-hybridized carbons (Fsp3) is 1.00. The molecule has 0 radical (unpaired) electrons. The van der Waals surface area contributed by atoms with E-state index in [9.17, 15) is 0 Å². The summed E-state index contributed by atoms with van der Waals surface area (Å²) in [5, 5.41) is 3.65. The highest BCUT2D eigenvalue weighted by Crippen LogP contribution is 2.26. The Morgan fingerprint density at radius 2 is 1.79 bits per heavy atom. The molecule has 1 saturated carbocycles. The maximum absolute atomic E-state index is 3.65. The third-order valence-corrected chi connectivity index (χ3v) is 4.05. The van der Waals surface area contributed by atoms with Crippen LogP contribution in [0.1, 0.15) is 53.4 Å². The van der Waals surface area contributed by atoms with E-state index in [-0.39, 0.29) is 0 Å². The van der Waals surface area contributed by atoms with Gasteiger partial charge < -0.3 is 5.32 Å². The summed E-state index contributed by atoms with van der Waals surface area (Å²) in [6, 6.07) is 0. The van der Waals surface area contributed by atoms with Gasteiger partial charge in [-0.1, -0.05) is 40.5 Å². The van der Waals surface area contributed by atoms with Crippen molar-refractivity contribution in [1.29, 1.82) is 0 Å². The van der Waals surface area contributed by atoms with Crippen molar-refractivity contribution in [1.82, 2.24) is 5.32 Å². The van der Waals surface area contributed by atoms with Crippen LogP contribution in [0.3, 0.4) is 0 Å². The fourth-order valence-corrected chi connectivity index (χ4v) is 2.02. The maximum atomic E-state index is 3.65. The number of rotatable bonds is 5. The van der Waals surface area contributed by atoms with Crippen LogP contribution in [0.25, 0.3) is 0 Å². The average Bonchev–Trinajstić information content (AvgIpc) is 2.56. The molecule has 1 N–H and O–H groups in total. The van der Waals surface area contributed by atoms with E-state index in [1.807, 2.05) is 0 Å². The molecule has 0 aromatic carbocycles. The quantitative estimate of drug-likeness (QED) is 0.712. The summed E-state index contributed by atoms with van der Waals surface area (Å²) in [5.74, 6) is 1.73. The lowest BCUT2D eigenvalue weighted by Crippen LogP contribution is -2.35. The monoisotopic (exact) mass is 197 g/mol. The van der Waals surface area contributed by atoms with Gasteiger partial charge in [-0.3, -0.25) is 0 Å². The molecule has 0 heterocycles. The molecule has 0 saturated heterocycles. The Balaban J connectivity index is 2.13. The Labute approximate surface area is 89.7 Å². The van der Waals surface area contributed by atoms with Gasteiger partial charge in [0.25, 0.3) is 0 Å². The highest BCUT2D eigenvalue weighted by atomic mass is 14.9. The van der Waals surface area contributed by atoms with Crippen molar-refractivity contribution < 1.29 is 0 Å². The molecular formula is C13H27N. The van der Waals surface area contributed by atoms with E-state index in [1.54, 1.807) is 0 Å². The molecule has 1 aliphatic rings. The third kappa shape index (κ3) is 3.61. The normalized spacial score (nSPS) is 19.5. The van der Waals surface area contributed by atoms with Gasteiger partial charge in [0.15, 0.2) is 0 Å². The van der Waals surface area contributed by atoms with Crippen LogP contribution in [0.2, 0.25) is 0 Å². The topological polar surface area (TPSA) is 12.0 Å². The van der Waals surface area contributed by atoms with Crippen LogP contribution in [-0.2, 0) is 0 Å². The maximum Gasteiger partial charge on any atom is 0.000508 e. The number of nitrogens with one attached hydrogen (secondary N) is 1. The molecule has 1 nitrogen and oxygen atoms in total. The first-order chi connectivity index (χ1) is 6.52. The Morgan fingerprint density at radius 3 is 2.29 bits per heavy atom. The van der Waals surface area contributed by atoms with Gasteiger partial charge in [0.05, 0.1) is 0 Å². The van der Waals surface area contributed by atoms with E-state index in [4.69, 9.17) is 0 Å². The summed E-state index contributed by atoms with van der Waals surface area (Å²) in [6.07, 6.45) is 5.82. The van der Waals surface area contributed by atoms with Gasteiger partial charge in [-0.05, 0) is 36.6 Å². The van der Waals surface area contributed by atoms with Gasteiger partial charge in [-0.25, -0.2) is 0 Å². The summed E-state index contributed by atoms with van der Waals surface area (Å²) in [4.78, 5) is 0. The van der Waals surface area contributed by atoms with Crippen LogP contribution in [0, 0.1) is 17.3 Å². The molecule has 0 unspecified atom stereocenters. The van der Waals surface area contributed by atoms with Gasteiger partial charge in [0.1, 0.15) is 0 Å². The van der Waals surface area contributed by atoms with Crippen molar-refractivity contribution in [2.45, 2.75) is 53.4 Å². The molecule has 0 amide bonds. The lowest BCUT2D eigenvalue weighted by Gasteiger charge is -2.30. The second-order valence-corrected chi connectivity index (χ2v) is 5.92. The smallest absolute Gasteiger partial charge is 0.000508 e. The minimum absolute atomic E-state index is 0.443. The van der Waals surface area contributed by atoms with Crippen molar-refractivity contribution in [3.63, 3.8) is 0 Å². The number of hydrogen-bond acceptors (Lipinski definition) is 1. The first kappa shape index (κ1) is 12.0. The predicted octanol–water partition coefficient (Wildman–Crippen LogP) is 3.45. The van der Waals surface area contributed by atoms with Gasteiger partial charge >= 0.3 is 0 Å². The molecular weight excluding hydrogens is 170 g/mol. The molecule has 0 aromatic heterocycles. The van der Waals surface area contributed by atoms with E-state index in [0.29, 0.717) is 5.41 Å². The molecule has 1 fully saturated rings. The minimum atomic E-state index is 0.443. The van der Waals surface area contributed by atoms with Crippen LogP contribution in [0.5, 0.6) is 0 Å². The second kappa shape index (κ2) is 5.16. The first-order valence-electron chi connectivity index (χ1n) is 6.23. The van der Waals surface area contributed by atoms with Gasteiger partial charge in [-0.15, -0.1) is 0 Å². The lowest BCUT2D eigenvalue weighted by molar-refractivity contribution is 0.233. The largest absolute Gasteiger partial charge is 0.316 e. The third-order valence-electron chi connectivity index (χ3n) is 4.05. The lowest BCUT2D eigenvalue weighted by atomic mass is 9.81. The zero-order valence-corrected chi connectivity index (χ0v) is 10.4. The van der Waals surface area contributed by atoms with E-state index < -0.39 is 0 Å². The average molecular weight is 197 g/mol. The number of hydrogen-bond donors (Lipinski definition) is 1. The van der Waals surface area contributed by atoms with Crippen LogP contribution in [0.4, 0.5) is 0 Å². The van der Waals surface area contributed by atoms with Crippen molar-refractivity contribution in [3.8, 4) is 0 Å². The summed E-state index contributed by atoms with van der Waals surface area (Å²) >= 11 is 0.